The van der Waals surface area contributed by atoms with E-state index in [0.29, 0.717) is 24.8 Å². The van der Waals surface area contributed by atoms with E-state index in [0.717, 1.165) is 54.1 Å². The lowest BCUT2D eigenvalue weighted by Crippen LogP contribution is -2.28. The molecule has 5 nitrogen and oxygen atoms in total. The minimum atomic E-state index is 0.0325. The Kier molecular flexibility index (Phi) is 12.6. The standard InChI is InChI=1S/C26H39N3O2S2/c1-19(9-8-13-27-4)18-28-26(30)25-23(16-20(2)15-21(3)29-31)17-24(33-25)32-14-12-22-10-6-5-7-11-22/h5-7,10-11,17,19-20,27,31H,8-9,12-16,18H2,1-4H3,(H,28,30)/b29-21-. The minimum Gasteiger partial charge on any atom is -0.411 e. The Hall–Kier alpha value is -1.83. The number of amides is 1. The summed E-state index contributed by atoms with van der Waals surface area (Å²) in [5.41, 5.74) is 3.15. The SMILES string of the molecule is CNCCCC(C)CNC(=O)c1sc(SCCc2ccccc2)cc1CC(C)C/C(C)=N\O. The number of carbonyl (C=O) groups is 1. The number of rotatable bonds is 15. The molecule has 0 radical (unpaired) electrons. The van der Waals surface area contributed by atoms with Crippen molar-refractivity contribution >= 4 is 34.7 Å². The molecule has 1 aromatic heterocycles. The third kappa shape index (κ3) is 10.3. The van der Waals surface area contributed by atoms with Gasteiger partial charge in [0.15, 0.2) is 0 Å². The second-order valence-corrected chi connectivity index (χ2v) is 11.4. The van der Waals surface area contributed by atoms with Crippen molar-refractivity contribution in [3.63, 3.8) is 0 Å². The van der Waals surface area contributed by atoms with Crippen molar-refractivity contribution < 1.29 is 10.0 Å². The molecule has 2 rings (SSSR count). The number of nitrogens with one attached hydrogen (secondary N) is 2. The Labute approximate surface area is 207 Å². The Morgan fingerprint density at radius 1 is 1.21 bits per heavy atom. The van der Waals surface area contributed by atoms with Crippen LogP contribution in [-0.4, -0.2) is 42.7 Å². The molecule has 1 amide bonds. The molecule has 0 spiro atoms. The highest BCUT2D eigenvalue weighted by molar-refractivity contribution is 8.01. The Morgan fingerprint density at radius 2 is 1.97 bits per heavy atom. The van der Waals surface area contributed by atoms with Crippen LogP contribution in [-0.2, 0) is 12.8 Å². The molecule has 0 saturated carbocycles. The van der Waals surface area contributed by atoms with Gasteiger partial charge in [-0.1, -0.05) is 49.3 Å². The third-order valence-corrected chi connectivity index (χ3v) is 7.97. The van der Waals surface area contributed by atoms with Crippen LogP contribution in [0.4, 0.5) is 0 Å². The van der Waals surface area contributed by atoms with Crippen LogP contribution in [0.1, 0.15) is 60.8 Å². The fourth-order valence-corrected chi connectivity index (χ4v) is 6.14. The van der Waals surface area contributed by atoms with Crippen LogP contribution < -0.4 is 10.6 Å². The molecule has 0 aliphatic heterocycles. The molecule has 182 valence electrons. The molecular formula is C26H39N3O2S2. The first-order valence-electron chi connectivity index (χ1n) is 11.8. The van der Waals surface area contributed by atoms with Crippen LogP contribution in [0.3, 0.4) is 0 Å². The van der Waals surface area contributed by atoms with Crippen molar-refractivity contribution in [1.82, 2.24) is 10.6 Å². The van der Waals surface area contributed by atoms with Crippen LogP contribution in [0.25, 0.3) is 0 Å². The van der Waals surface area contributed by atoms with Gasteiger partial charge in [0.25, 0.3) is 5.91 Å². The van der Waals surface area contributed by atoms with Gasteiger partial charge in [-0.15, -0.1) is 23.1 Å². The number of oxime groups is 1. The zero-order valence-corrected chi connectivity index (χ0v) is 22.0. The van der Waals surface area contributed by atoms with Crippen LogP contribution in [0.15, 0.2) is 45.8 Å². The van der Waals surface area contributed by atoms with E-state index < -0.39 is 0 Å². The summed E-state index contributed by atoms with van der Waals surface area (Å²) in [5, 5.41) is 18.7. The predicted octanol–water partition coefficient (Wildman–Crippen LogP) is 5.87. The van der Waals surface area contributed by atoms with Crippen LogP contribution >= 0.6 is 23.1 Å². The largest absolute Gasteiger partial charge is 0.411 e. The van der Waals surface area contributed by atoms with Crippen molar-refractivity contribution in [1.29, 1.82) is 0 Å². The van der Waals surface area contributed by atoms with Gasteiger partial charge < -0.3 is 15.8 Å². The second-order valence-electron chi connectivity index (χ2n) is 8.91. The highest BCUT2D eigenvalue weighted by Gasteiger charge is 2.19. The van der Waals surface area contributed by atoms with Gasteiger partial charge in [-0.25, -0.2) is 0 Å². The first kappa shape index (κ1) is 27.4. The Bertz CT molecular complexity index is 868. The van der Waals surface area contributed by atoms with Gasteiger partial charge in [-0.05, 0) is 81.6 Å². The molecule has 33 heavy (non-hydrogen) atoms. The first-order chi connectivity index (χ1) is 15.9. The Morgan fingerprint density at radius 3 is 2.67 bits per heavy atom. The molecule has 7 heteroatoms. The summed E-state index contributed by atoms with van der Waals surface area (Å²) >= 11 is 3.42. The van der Waals surface area contributed by atoms with E-state index in [4.69, 9.17) is 5.21 Å². The molecule has 0 aliphatic carbocycles. The monoisotopic (exact) mass is 489 g/mol. The third-order valence-electron chi connectivity index (χ3n) is 5.59. The quantitative estimate of drug-likeness (QED) is 0.0962. The average Bonchev–Trinajstić information content (AvgIpc) is 3.20. The van der Waals surface area contributed by atoms with Crippen molar-refractivity contribution in [2.75, 3.05) is 25.9 Å². The van der Waals surface area contributed by atoms with Crippen LogP contribution in [0.5, 0.6) is 0 Å². The topological polar surface area (TPSA) is 73.7 Å². The molecular weight excluding hydrogens is 450 g/mol. The molecule has 0 fully saturated rings. The number of benzene rings is 1. The zero-order chi connectivity index (χ0) is 24.1. The normalized spacial score (nSPS) is 13.6. The van der Waals surface area contributed by atoms with Gasteiger partial charge >= 0.3 is 0 Å². The number of aryl methyl sites for hydroxylation is 1. The van der Waals surface area contributed by atoms with Gasteiger partial charge in [0.05, 0.1) is 14.8 Å². The van der Waals surface area contributed by atoms with E-state index in [2.05, 4.69) is 60.0 Å². The fourth-order valence-electron chi connectivity index (χ4n) is 3.80. The molecule has 3 N–H and O–H groups in total. The molecule has 0 bridgehead atoms. The first-order valence-corrected chi connectivity index (χ1v) is 13.6. The molecule has 2 aromatic rings. The van der Waals surface area contributed by atoms with Crippen molar-refractivity contribution in [3.05, 3.63) is 52.4 Å². The molecule has 1 aromatic carbocycles. The average molecular weight is 490 g/mol. The number of hydrogen-bond donors (Lipinski definition) is 3. The Balaban J connectivity index is 2.03. The highest BCUT2D eigenvalue weighted by atomic mass is 32.2. The van der Waals surface area contributed by atoms with E-state index in [1.54, 1.807) is 11.3 Å². The predicted molar refractivity (Wildman–Crippen MR) is 142 cm³/mol. The molecule has 2 unspecified atom stereocenters. The number of nitrogens with zero attached hydrogens (tertiary/aromatic N) is 1. The lowest BCUT2D eigenvalue weighted by atomic mass is 9.96. The maximum absolute atomic E-state index is 13.1. The van der Waals surface area contributed by atoms with E-state index in [1.807, 2.05) is 31.8 Å². The van der Waals surface area contributed by atoms with Crippen molar-refractivity contribution in [2.24, 2.45) is 17.0 Å². The number of hydrogen-bond acceptors (Lipinski definition) is 6. The van der Waals surface area contributed by atoms with Crippen molar-refractivity contribution in [3.8, 4) is 0 Å². The van der Waals surface area contributed by atoms with Crippen LogP contribution in [0.2, 0.25) is 0 Å². The van der Waals surface area contributed by atoms with Gasteiger partial charge in [-0.3, -0.25) is 4.79 Å². The van der Waals surface area contributed by atoms with Gasteiger partial charge in [0.2, 0.25) is 0 Å². The maximum Gasteiger partial charge on any atom is 0.261 e. The van der Waals surface area contributed by atoms with Crippen molar-refractivity contribution in [2.45, 2.75) is 57.1 Å². The van der Waals surface area contributed by atoms with Gasteiger partial charge in [-0.2, -0.15) is 0 Å². The summed E-state index contributed by atoms with van der Waals surface area (Å²) in [5.74, 6) is 1.77. The summed E-state index contributed by atoms with van der Waals surface area (Å²) < 4.78 is 1.19. The lowest BCUT2D eigenvalue weighted by Gasteiger charge is -2.14. The summed E-state index contributed by atoms with van der Waals surface area (Å²) in [6, 6.07) is 12.7. The van der Waals surface area contributed by atoms with Crippen LogP contribution in [0, 0.1) is 11.8 Å². The maximum atomic E-state index is 13.1. The fraction of sp³-hybridized carbons (Fsp3) is 0.538. The second kappa shape index (κ2) is 15.1. The molecule has 2 atom stereocenters. The molecule has 0 aliphatic rings. The van der Waals surface area contributed by atoms with Gasteiger partial charge in [0, 0.05) is 12.3 Å². The minimum absolute atomic E-state index is 0.0325. The zero-order valence-electron chi connectivity index (χ0n) is 20.4. The van der Waals surface area contributed by atoms with E-state index in [1.165, 1.54) is 9.77 Å². The smallest absolute Gasteiger partial charge is 0.261 e. The molecule has 1 heterocycles. The summed E-state index contributed by atoms with van der Waals surface area (Å²) in [6.07, 6.45) is 4.72. The summed E-state index contributed by atoms with van der Waals surface area (Å²) in [7, 11) is 1.97. The van der Waals surface area contributed by atoms with E-state index in [9.17, 15) is 4.79 Å². The molecule has 0 saturated heterocycles. The number of thiophene rings is 1. The lowest BCUT2D eigenvalue weighted by molar-refractivity contribution is 0.0950. The van der Waals surface area contributed by atoms with E-state index >= 15 is 0 Å². The number of thioether (sulfide) groups is 1. The summed E-state index contributed by atoms with van der Waals surface area (Å²) in [6.45, 7) is 7.86. The highest BCUT2D eigenvalue weighted by Crippen LogP contribution is 2.33. The van der Waals surface area contributed by atoms with Gasteiger partial charge in [0.1, 0.15) is 0 Å². The summed E-state index contributed by atoms with van der Waals surface area (Å²) in [4.78, 5) is 13.9. The van der Waals surface area contributed by atoms with E-state index in [-0.39, 0.29) is 5.91 Å². The number of carbonyl (C=O) groups excluding carboxylic acids is 1.